The second kappa shape index (κ2) is 3.90. The molecule has 1 heterocycles. The van der Waals surface area contributed by atoms with E-state index < -0.39 is 0 Å². The van der Waals surface area contributed by atoms with Crippen molar-refractivity contribution in [3.05, 3.63) is 0 Å². The molecule has 74 valence electrons. The molecule has 0 aromatic rings. The molecule has 1 aliphatic rings. The average Bonchev–Trinajstić information content (AvgIpc) is 2.26. The van der Waals surface area contributed by atoms with E-state index in [9.17, 15) is 4.79 Å². The highest BCUT2D eigenvalue weighted by molar-refractivity contribution is 6.06. The van der Waals surface area contributed by atoms with Crippen molar-refractivity contribution in [2.45, 2.75) is 34.1 Å². The molecule has 0 saturated heterocycles. The second-order valence-electron chi connectivity index (χ2n) is 4.02. The van der Waals surface area contributed by atoms with Crippen molar-refractivity contribution in [1.29, 1.82) is 0 Å². The summed E-state index contributed by atoms with van der Waals surface area (Å²) in [6, 6.07) is 0. The highest BCUT2D eigenvalue weighted by Gasteiger charge is 2.31. The quantitative estimate of drug-likeness (QED) is 0.656. The topological polar surface area (TPSA) is 32.7 Å². The van der Waals surface area contributed by atoms with E-state index in [1.165, 1.54) is 0 Å². The summed E-state index contributed by atoms with van der Waals surface area (Å²) in [5.41, 5.74) is 0.966. The van der Waals surface area contributed by atoms with Crippen molar-refractivity contribution in [2.75, 3.05) is 6.54 Å². The Morgan fingerprint density at radius 1 is 1.54 bits per heavy atom. The Morgan fingerprint density at radius 2 is 2.15 bits per heavy atom. The number of carbonyl (C=O) groups is 1. The van der Waals surface area contributed by atoms with E-state index in [1.807, 2.05) is 13.8 Å². The van der Waals surface area contributed by atoms with E-state index in [0.29, 0.717) is 5.92 Å². The van der Waals surface area contributed by atoms with Gasteiger partial charge in [-0.25, -0.2) is 5.01 Å². The van der Waals surface area contributed by atoms with Crippen molar-refractivity contribution < 1.29 is 4.79 Å². The predicted molar refractivity (Wildman–Crippen MR) is 53.4 cm³/mol. The zero-order valence-electron chi connectivity index (χ0n) is 8.87. The van der Waals surface area contributed by atoms with Crippen LogP contribution < -0.4 is 0 Å². The summed E-state index contributed by atoms with van der Waals surface area (Å²) in [7, 11) is 0. The van der Waals surface area contributed by atoms with Gasteiger partial charge in [0, 0.05) is 12.3 Å². The Labute approximate surface area is 79.8 Å². The van der Waals surface area contributed by atoms with Gasteiger partial charge in [-0.05, 0) is 19.3 Å². The molecule has 0 aromatic carbocycles. The Kier molecular flexibility index (Phi) is 3.07. The third-order valence-electron chi connectivity index (χ3n) is 2.28. The Morgan fingerprint density at radius 3 is 2.54 bits per heavy atom. The molecule has 1 amide bonds. The van der Waals surface area contributed by atoms with Crippen LogP contribution in [0.5, 0.6) is 0 Å². The van der Waals surface area contributed by atoms with Gasteiger partial charge in [-0.3, -0.25) is 4.79 Å². The van der Waals surface area contributed by atoms with Gasteiger partial charge in [0.1, 0.15) is 0 Å². The van der Waals surface area contributed by atoms with Crippen molar-refractivity contribution in [1.82, 2.24) is 5.01 Å². The van der Waals surface area contributed by atoms with Crippen LogP contribution in [0.4, 0.5) is 0 Å². The minimum Gasteiger partial charge on any atom is -0.272 e. The smallest absolute Gasteiger partial charge is 0.251 e. The molecule has 0 aliphatic carbocycles. The number of rotatable bonds is 3. The first-order valence-corrected chi connectivity index (χ1v) is 4.92. The lowest BCUT2D eigenvalue weighted by molar-refractivity contribution is -0.132. The standard InChI is InChI=1S/C10H18N2O/c1-5-9-8(4)11-12(10(9)13)6-7(2)3/h7,9H,5-6H2,1-4H3. The van der Waals surface area contributed by atoms with E-state index in [1.54, 1.807) is 5.01 Å². The van der Waals surface area contributed by atoms with Gasteiger partial charge in [0.2, 0.25) is 0 Å². The maximum atomic E-state index is 11.7. The molecule has 0 saturated carbocycles. The predicted octanol–water partition coefficient (Wildman–Crippen LogP) is 1.89. The number of carbonyl (C=O) groups excluding carboxylic acids is 1. The monoisotopic (exact) mass is 182 g/mol. The summed E-state index contributed by atoms with van der Waals surface area (Å²) in [5.74, 6) is 0.698. The van der Waals surface area contributed by atoms with Crippen molar-refractivity contribution in [3.63, 3.8) is 0 Å². The van der Waals surface area contributed by atoms with Crippen LogP contribution in [0.1, 0.15) is 34.1 Å². The van der Waals surface area contributed by atoms with Crippen LogP contribution in [0.25, 0.3) is 0 Å². The molecular weight excluding hydrogens is 164 g/mol. The molecule has 1 atom stereocenters. The maximum Gasteiger partial charge on any atom is 0.251 e. The summed E-state index contributed by atoms with van der Waals surface area (Å²) in [6.07, 6.45) is 0.864. The molecule has 3 nitrogen and oxygen atoms in total. The van der Waals surface area contributed by atoms with Gasteiger partial charge >= 0.3 is 0 Å². The average molecular weight is 182 g/mol. The van der Waals surface area contributed by atoms with Gasteiger partial charge in [0.15, 0.2) is 0 Å². The number of amides is 1. The largest absolute Gasteiger partial charge is 0.272 e. The fraction of sp³-hybridized carbons (Fsp3) is 0.800. The van der Waals surface area contributed by atoms with Crippen molar-refractivity contribution >= 4 is 11.6 Å². The third kappa shape index (κ3) is 2.08. The molecule has 1 rings (SSSR count). The van der Waals surface area contributed by atoms with Gasteiger partial charge in [0.05, 0.1) is 5.92 Å². The molecule has 0 aromatic heterocycles. The van der Waals surface area contributed by atoms with Gasteiger partial charge in [-0.1, -0.05) is 20.8 Å². The first kappa shape index (κ1) is 10.2. The molecule has 13 heavy (non-hydrogen) atoms. The SMILES string of the molecule is CCC1C(=O)N(CC(C)C)N=C1C. The Hall–Kier alpha value is -0.860. The molecule has 1 aliphatic heterocycles. The zero-order valence-corrected chi connectivity index (χ0v) is 8.87. The van der Waals surface area contributed by atoms with Crippen LogP contribution in [0.2, 0.25) is 0 Å². The number of hydrogen-bond acceptors (Lipinski definition) is 2. The highest BCUT2D eigenvalue weighted by Crippen LogP contribution is 2.19. The van der Waals surface area contributed by atoms with Gasteiger partial charge in [0.25, 0.3) is 5.91 Å². The molecule has 0 spiro atoms. The minimum absolute atomic E-state index is 0.0405. The van der Waals surface area contributed by atoms with Crippen LogP contribution in [0.15, 0.2) is 5.10 Å². The third-order valence-corrected chi connectivity index (χ3v) is 2.28. The lowest BCUT2D eigenvalue weighted by Crippen LogP contribution is -2.29. The van der Waals surface area contributed by atoms with Crippen LogP contribution in [0.3, 0.4) is 0 Å². The fourth-order valence-electron chi connectivity index (χ4n) is 1.61. The zero-order chi connectivity index (χ0) is 10.0. The van der Waals surface area contributed by atoms with Gasteiger partial charge in [-0.2, -0.15) is 5.10 Å². The number of hydrogen-bond donors (Lipinski definition) is 0. The van der Waals surface area contributed by atoms with Gasteiger partial charge < -0.3 is 0 Å². The summed E-state index contributed by atoms with van der Waals surface area (Å²) in [6.45, 7) is 8.90. The minimum atomic E-state index is 0.0405. The Bertz CT molecular complexity index is 233. The Balaban J connectivity index is 2.66. The summed E-state index contributed by atoms with van der Waals surface area (Å²) < 4.78 is 0. The van der Waals surface area contributed by atoms with E-state index in [2.05, 4.69) is 18.9 Å². The van der Waals surface area contributed by atoms with Crippen LogP contribution in [-0.2, 0) is 4.79 Å². The number of hydrazone groups is 1. The fourth-order valence-corrected chi connectivity index (χ4v) is 1.61. The summed E-state index contributed by atoms with van der Waals surface area (Å²) in [5, 5.41) is 5.88. The van der Waals surface area contributed by atoms with Crippen LogP contribution in [-0.4, -0.2) is 23.2 Å². The highest BCUT2D eigenvalue weighted by atomic mass is 16.2. The first-order chi connectivity index (χ1) is 6.06. The van der Waals surface area contributed by atoms with E-state index in [4.69, 9.17) is 0 Å². The summed E-state index contributed by atoms with van der Waals surface area (Å²) in [4.78, 5) is 11.7. The lowest BCUT2D eigenvalue weighted by Gasteiger charge is -2.15. The molecule has 0 N–H and O–H groups in total. The number of nitrogens with zero attached hydrogens (tertiary/aromatic N) is 2. The van der Waals surface area contributed by atoms with E-state index in [0.717, 1.165) is 18.7 Å². The van der Waals surface area contributed by atoms with Crippen molar-refractivity contribution in [3.8, 4) is 0 Å². The van der Waals surface area contributed by atoms with Crippen LogP contribution in [0, 0.1) is 11.8 Å². The summed E-state index contributed by atoms with van der Waals surface area (Å²) >= 11 is 0. The molecule has 1 unspecified atom stereocenters. The molecule has 3 heteroatoms. The normalized spacial score (nSPS) is 22.8. The molecule has 0 bridgehead atoms. The lowest BCUT2D eigenvalue weighted by atomic mass is 10.0. The van der Waals surface area contributed by atoms with E-state index in [-0.39, 0.29) is 11.8 Å². The van der Waals surface area contributed by atoms with Gasteiger partial charge in [-0.15, -0.1) is 0 Å². The molecule has 0 radical (unpaired) electrons. The second-order valence-corrected chi connectivity index (χ2v) is 4.02. The van der Waals surface area contributed by atoms with E-state index >= 15 is 0 Å². The van der Waals surface area contributed by atoms with Crippen LogP contribution >= 0.6 is 0 Å². The first-order valence-electron chi connectivity index (χ1n) is 4.92. The molecular formula is C10H18N2O. The van der Waals surface area contributed by atoms with Crippen molar-refractivity contribution in [2.24, 2.45) is 16.9 Å². The molecule has 0 fully saturated rings. The maximum absolute atomic E-state index is 11.7.